The summed E-state index contributed by atoms with van der Waals surface area (Å²) in [6.07, 6.45) is 0. The van der Waals surface area contributed by atoms with Crippen LogP contribution in [0.4, 0.5) is 0 Å². The molecule has 6 heteroatoms. The Kier molecular flexibility index (Phi) is 3.90. The van der Waals surface area contributed by atoms with Gasteiger partial charge >= 0.3 is 0 Å². The molecule has 0 aromatic carbocycles. The number of rotatable bonds is 3. The van der Waals surface area contributed by atoms with Crippen molar-refractivity contribution in [1.29, 1.82) is 0 Å². The highest BCUT2D eigenvalue weighted by atomic mass is 79.9. The fourth-order valence-electron chi connectivity index (χ4n) is 1.70. The van der Waals surface area contributed by atoms with E-state index >= 15 is 0 Å². The van der Waals surface area contributed by atoms with E-state index in [1.165, 1.54) is 0 Å². The van der Waals surface area contributed by atoms with Crippen molar-refractivity contribution in [2.45, 2.75) is 32.7 Å². The fourth-order valence-corrected chi connectivity index (χ4v) is 3.05. The third kappa shape index (κ3) is 2.41. The Bertz CT molecular complexity index is 535. The van der Waals surface area contributed by atoms with Crippen molar-refractivity contribution < 1.29 is 0 Å². The Morgan fingerprint density at radius 2 is 2.24 bits per heavy atom. The van der Waals surface area contributed by atoms with E-state index in [1.807, 2.05) is 17.0 Å². The zero-order valence-corrected chi connectivity index (χ0v) is 13.0. The first-order valence-electron chi connectivity index (χ1n) is 5.26. The van der Waals surface area contributed by atoms with E-state index in [1.54, 1.807) is 11.3 Å². The summed E-state index contributed by atoms with van der Waals surface area (Å²) in [7, 11) is 0. The van der Waals surface area contributed by atoms with Gasteiger partial charge in [0.15, 0.2) is 0 Å². The molecule has 0 radical (unpaired) electrons. The summed E-state index contributed by atoms with van der Waals surface area (Å²) >= 11 is 10.9. The maximum atomic E-state index is 5.77. The maximum Gasteiger partial charge on any atom is 0.117 e. The van der Waals surface area contributed by atoms with Crippen LogP contribution in [0.5, 0.6) is 0 Å². The molecule has 0 fully saturated rings. The first-order chi connectivity index (χ1) is 8.04. The van der Waals surface area contributed by atoms with Crippen LogP contribution in [0.1, 0.15) is 35.1 Å². The van der Waals surface area contributed by atoms with E-state index < -0.39 is 0 Å². The minimum Gasteiger partial charge on any atom is -0.259 e. The van der Waals surface area contributed by atoms with Gasteiger partial charge in [0.1, 0.15) is 11.0 Å². The molecule has 0 N–H and O–H groups in total. The third-order valence-electron chi connectivity index (χ3n) is 2.67. The first kappa shape index (κ1) is 13.1. The van der Waals surface area contributed by atoms with E-state index in [0.29, 0.717) is 5.88 Å². The molecule has 2 rings (SSSR count). The van der Waals surface area contributed by atoms with Gasteiger partial charge in [-0.05, 0) is 36.7 Å². The van der Waals surface area contributed by atoms with Gasteiger partial charge < -0.3 is 0 Å². The number of alkyl halides is 1. The zero-order valence-electron chi connectivity index (χ0n) is 9.87. The van der Waals surface area contributed by atoms with Crippen LogP contribution in [0.3, 0.4) is 0 Å². The van der Waals surface area contributed by atoms with Crippen molar-refractivity contribution in [3.05, 3.63) is 31.9 Å². The van der Waals surface area contributed by atoms with Gasteiger partial charge in [0.2, 0.25) is 0 Å². The van der Waals surface area contributed by atoms with Gasteiger partial charge in [0.05, 0.1) is 27.4 Å². The van der Waals surface area contributed by atoms with Gasteiger partial charge in [0.25, 0.3) is 0 Å². The third-order valence-corrected chi connectivity index (χ3v) is 5.15. The van der Waals surface area contributed by atoms with Crippen molar-refractivity contribution in [2.75, 3.05) is 0 Å². The molecule has 0 saturated heterocycles. The molecule has 0 spiro atoms. The molecule has 2 aromatic heterocycles. The van der Waals surface area contributed by atoms with E-state index in [2.05, 4.69) is 39.9 Å². The number of hydrogen-bond donors (Lipinski definition) is 0. The fraction of sp³-hybridized carbons (Fsp3) is 0.455. The molecule has 3 nitrogen and oxygen atoms in total. The second kappa shape index (κ2) is 5.08. The highest BCUT2D eigenvalue weighted by Crippen LogP contribution is 2.27. The van der Waals surface area contributed by atoms with Gasteiger partial charge in [0, 0.05) is 5.38 Å². The van der Waals surface area contributed by atoms with Gasteiger partial charge in [-0.1, -0.05) is 0 Å². The SMILES string of the molecule is Cc1nn(C(C)c2nc(CCl)cs2)c(C)c1Br. The van der Waals surface area contributed by atoms with Crippen LogP contribution in [0.25, 0.3) is 0 Å². The number of hydrogen-bond acceptors (Lipinski definition) is 3. The standard InChI is InChI=1S/C11H13BrClN3S/c1-6-10(12)7(2)16(15-6)8(3)11-14-9(4-13)5-17-11/h5,8H,4H2,1-3H3. The molecule has 1 unspecified atom stereocenters. The molecule has 0 aliphatic carbocycles. The molecular formula is C11H13BrClN3S. The Morgan fingerprint density at radius 3 is 2.71 bits per heavy atom. The van der Waals surface area contributed by atoms with E-state index in [-0.39, 0.29) is 6.04 Å². The van der Waals surface area contributed by atoms with Crippen molar-refractivity contribution in [2.24, 2.45) is 0 Å². The summed E-state index contributed by atoms with van der Waals surface area (Å²) < 4.78 is 3.06. The van der Waals surface area contributed by atoms with Gasteiger partial charge in [-0.15, -0.1) is 22.9 Å². The Hall–Kier alpha value is -0.390. The first-order valence-corrected chi connectivity index (χ1v) is 7.46. The molecule has 0 bridgehead atoms. The highest BCUT2D eigenvalue weighted by Gasteiger charge is 2.18. The number of aromatic nitrogens is 3. The van der Waals surface area contributed by atoms with Crippen LogP contribution in [0.2, 0.25) is 0 Å². The second-order valence-electron chi connectivity index (χ2n) is 3.92. The minimum atomic E-state index is 0.141. The molecule has 2 aromatic rings. The number of aryl methyl sites for hydroxylation is 1. The lowest BCUT2D eigenvalue weighted by Gasteiger charge is -2.11. The van der Waals surface area contributed by atoms with Gasteiger partial charge in [-0.25, -0.2) is 4.98 Å². The van der Waals surface area contributed by atoms with Gasteiger partial charge in [-0.2, -0.15) is 5.10 Å². The molecule has 17 heavy (non-hydrogen) atoms. The van der Waals surface area contributed by atoms with Crippen molar-refractivity contribution >= 4 is 38.9 Å². The lowest BCUT2D eigenvalue weighted by atomic mass is 10.3. The summed E-state index contributed by atoms with van der Waals surface area (Å²) in [5.41, 5.74) is 3.06. The molecule has 1 atom stereocenters. The summed E-state index contributed by atoms with van der Waals surface area (Å²) in [5, 5.41) is 7.56. The zero-order chi connectivity index (χ0) is 12.6. The predicted octanol–water partition coefficient (Wildman–Crippen LogP) is 4.07. The Morgan fingerprint density at radius 1 is 1.53 bits per heavy atom. The number of nitrogens with zero attached hydrogens (tertiary/aromatic N) is 3. The van der Waals surface area contributed by atoms with E-state index in [0.717, 1.165) is 26.6 Å². The lowest BCUT2D eigenvalue weighted by Crippen LogP contribution is -2.10. The normalized spacial score (nSPS) is 13.0. The molecule has 0 saturated carbocycles. The molecule has 2 heterocycles. The van der Waals surface area contributed by atoms with Crippen LogP contribution < -0.4 is 0 Å². The van der Waals surface area contributed by atoms with Crippen LogP contribution in [0, 0.1) is 13.8 Å². The van der Waals surface area contributed by atoms with Crippen LogP contribution >= 0.6 is 38.9 Å². The molecule has 0 aliphatic heterocycles. The van der Waals surface area contributed by atoms with Crippen LogP contribution in [0.15, 0.2) is 9.85 Å². The summed E-state index contributed by atoms with van der Waals surface area (Å²) in [5.74, 6) is 0.462. The second-order valence-corrected chi connectivity index (χ2v) is 5.87. The lowest BCUT2D eigenvalue weighted by molar-refractivity contribution is 0.543. The van der Waals surface area contributed by atoms with Crippen LogP contribution in [-0.2, 0) is 5.88 Å². The summed E-state index contributed by atoms with van der Waals surface area (Å²) in [6, 6.07) is 0.141. The highest BCUT2D eigenvalue weighted by molar-refractivity contribution is 9.10. The largest absolute Gasteiger partial charge is 0.259 e. The maximum absolute atomic E-state index is 5.77. The van der Waals surface area contributed by atoms with Crippen molar-refractivity contribution in [3.8, 4) is 0 Å². The minimum absolute atomic E-state index is 0.141. The molecule has 0 amide bonds. The van der Waals surface area contributed by atoms with E-state index in [9.17, 15) is 0 Å². The predicted molar refractivity (Wildman–Crippen MR) is 74.9 cm³/mol. The van der Waals surface area contributed by atoms with Crippen molar-refractivity contribution in [1.82, 2.24) is 14.8 Å². The Labute approximate surface area is 118 Å². The molecular weight excluding hydrogens is 322 g/mol. The smallest absolute Gasteiger partial charge is 0.117 e. The monoisotopic (exact) mass is 333 g/mol. The van der Waals surface area contributed by atoms with Gasteiger partial charge in [-0.3, -0.25) is 4.68 Å². The summed E-state index contributed by atoms with van der Waals surface area (Å²) in [4.78, 5) is 4.50. The topological polar surface area (TPSA) is 30.7 Å². The summed E-state index contributed by atoms with van der Waals surface area (Å²) in [6.45, 7) is 6.14. The quantitative estimate of drug-likeness (QED) is 0.792. The van der Waals surface area contributed by atoms with E-state index in [4.69, 9.17) is 11.6 Å². The number of thiazole rings is 1. The average Bonchev–Trinajstić information content (AvgIpc) is 2.89. The molecule has 92 valence electrons. The average molecular weight is 335 g/mol. The van der Waals surface area contributed by atoms with Crippen LogP contribution in [-0.4, -0.2) is 14.8 Å². The van der Waals surface area contributed by atoms with Crippen molar-refractivity contribution in [3.63, 3.8) is 0 Å². The molecule has 0 aliphatic rings. The number of halogens is 2. The Balaban J connectivity index is 2.36.